The Balaban J connectivity index is 1.72. The van der Waals surface area contributed by atoms with Gasteiger partial charge in [0, 0.05) is 22.3 Å². The first-order valence-corrected chi connectivity index (χ1v) is 9.63. The van der Waals surface area contributed by atoms with Crippen molar-refractivity contribution in [3.05, 3.63) is 58.1 Å². The lowest BCUT2D eigenvalue weighted by Crippen LogP contribution is -2.09. The molecule has 0 aromatic heterocycles. The van der Waals surface area contributed by atoms with Gasteiger partial charge in [-0.1, -0.05) is 49.6 Å². The van der Waals surface area contributed by atoms with E-state index in [9.17, 15) is 0 Å². The monoisotopic (exact) mass is 401 g/mol. The van der Waals surface area contributed by atoms with Crippen molar-refractivity contribution in [2.45, 2.75) is 44.8 Å². The van der Waals surface area contributed by atoms with E-state index in [0.29, 0.717) is 12.6 Å². The van der Waals surface area contributed by atoms with Gasteiger partial charge in [-0.25, -0.2) is 0 Å². The first-order valence-electron chi connectivity index (χ1n) is 8.83. The minimum Gasteiger partial charge on any atom is -0.493 e. The zero-order chi connectivity index (χ0) is 17.5. The highest BCUT2D eigenvalue weighted by Crippen LogP contribution is 2.33. The molecule has 0 radical (unpaired) electrons. The highest BCUT2D eigenvalue weighted by Gasteiger charge is 2.13. The van der Waals surface area contributed by atoms with E-state index in [4.69, 9.17) is 14.5 Å². The molecule has 0 amide bonds. The molecule has 0 saturated heterocycles. The zero-order valence-electron chi connectivity index (χ0n) is 14.6. The molecule has 1 aliphatic rings. The minimum absolute atomic E-state index is 0.459. The van der Waals surface area contributed by atoms with Gasteiger partial charge in [0.1, 0.15) is 6.61 Å². The summed E-state index contributed by atoms with van der Waals surface area (Å²) in [5.74, 6) is 1.46. The first kappa shape index (κ1) is 18.0. The molecular formula is C21H24BrNO2. The van der Waals surface area contributed by atoms with Gasteiger partial charge in [0.25, 0.3) is 0 Å². The van der Waals surface area contributed by atoms with Gasteiger partial charge in [0.05, 0.1) is 7.11 Å². The smallest absolute Gasteiger partial charge is 0.162 e. The number of benzene rings is 2. The number of hydrogen-bond donors (Lipinski definition) is 0. The molecule has 0 heterocycles. The van der Waals surface area contributed by atoms with Crippen LogP contribution in [0.15, 0.2) is 51.9 Å². The van der Waals surface area contributed by atoms with E-state index in [1.54, 1.807) is 7.11 Å². The maximum atomic E-state index is 5.94. The van der Waals surface area contributed by atoms with E-state index in [0.717, 1.165) is 27.1 Å². The van der Waals surface area contributed by atoms with Crippen molar-refractivity contribution in [2.75, 3.05) is 7.11 Å². The molecule has 4 heteroatoms. The number of ether oxygens (including phenoxy) is 2. The van der Waals surface area contributed by atoms with Crippen LogP contribution in [0.25, 0.3) is 0 Å². The van der Waals surface area contributed by atoms with Crippen molar-refractivity contribution in [2.24, 2.45) is 4.99 Å². The number of methoxy groups -OCH3 is 1. The third kappa shape index (κ3) is 5.08. The number of aliphatic imine (C=N–C) groups is 1. The number of halogens is 1. The molecule has 132 valence electrons. The molecule has 1 saturated carbocycles. The molecule has 1 fully saturated rings. The quantitative estimate of drug-likeness (QED) is 0.573. The Morgan fingerprint density at radius 3 is 2.56 bits per heavy atom. The summed E-state index contributed by atoms with van der Waals surface area (Å²) in [6.45, 7) is 0.513. The maximum absolute atomic E-state index is 5.94. The Morgan fingerprint density at radius 2 is 1.84 bits per heavy atom. The van der Waals surface area contributed by atoms with Crippen molar-refractivity contribution in [3.63, 3.8) is 0 Å². The highest BCUT2D eigenvalue weighted by atomic mass is 79.9. The lowest BCUT2D eigenvalue weighted by atomic mass is 9.96. The molecule has 1 aliphatic carbocycles. The molecule has 0 unspecified atom stereocenters. The van der Waals surface area contributed by atoms with Crippen LogP contribution < -0.4 is 9.47 Å². The molecule has 3 nitrogen and oxygen atoms in total. The molecule has 0 aliphatic heterocycles. The Labute approximate surface area is 158 Å². The van der Waals surface area contributed by atoms with Crippen LogP contribution in [0.5, 0.6) is 11.5 Å². The first-order chi connectivity index (χ1) is 12.3. The van der Waals surface area contributed by atoms with Crippen LogP contribution in [-0.4, -0.2) is 19.4 Å². The Kier molecular flexibility index (Phi) is 6.51. The van der Waals surface area contributed by atoms with Crippen molar-refractivity contribution < 1.29 is 9.47 Å². The van der Waals surface area contributed by atoms with E-state index < -0.39 is 0 Å². The van der Waals surface area contributed by atoms with Crippen LogP contribution in [0, 0.1) is 0 Å². The van der Waals surface area contributed by atoms with Gasteiger partial charge in [0.2, 0.25) is 0 Å². The predicted molar refractivity (Wildman–Crippen MR) is 106 cm³/mol. The summed E-state index contributed by atoms with van der Waals surface area (Å²) in [6.07, 6.45) is 8.28. The van der Waals surface area contributed by atoms with Crippen molar-refractivity contribution in [1.29, 1.82) is 0 Å². The summed E-state index contributed by atoms with van der Waals surface area (Å²) < 4.78 is 12.4. The average Bonchev–Trinajstić information content (AvgIpc) is 2.67. The van der Waals surface area contributed by atoms with E-state index in [-0.39, 0.29) is 0 Å². The second kappa shape index (κ2) is 9.04. The van der Waals surface area contributed by atoms with Gasteiger partial charge in [-0.2, -0.15) is 0 Å². The Morgan fingerprint density at radius 1 is 1.08 bits per heavy atom. The Hall–Kier alpha value is -1.81. The van der Waals surface area contributed by atoms with Gasteiger partial charge in [-0.15, -0.1) is 0 Å². The molecule has 3 rings (SSSR count). The number of nitrogens with zero attached hydrogens (tertiary/aromatic N) is 1. The second-order valence-corrected chi connectivity index (χ2v) is 7.22. The Bertz CT molecular complexity index is 709. The fourth-order valence-electron chi connectivity index (χ4n) is 3.07. The SMILES string of the molecule is COc1cc(C=NC2CCCCC2)c(Br)cc1OCc1ccccc1. The predicted octanol–water partition coefficient (Wildman–Crippen LogP) is 5.79. The second-order valence-electron chi connectivity index (χ2n) is 6.37. The highest BCUT2D eigenvalue weighted by molar-refractivity contribution is 9.10. The molecular weight excluding hydrogens is 378 g/mol. The third-order valence-corrected chi connectivity index (χ3v) is 5.21. The van der Waals surface area contributed by atoms with Gasteiger partial charge in [0.15, 0.2) is 11.5 Å². The summed E-state index contributed by atoms with van der Waals surface area (Å²) in [7, 11) is 1.67. The van der Waals surface area contributed by atoms with E-state index >= 15 is 0 Å². The fraction of sp³-hybridized carbons (Fsp3) is 0.381. The van der Waals surface area contributed by atoms with E-state index in [1.165, 1.54) is 32.1 Å². The average molecular weight is 402 g/mol. The molecule has 0 bridgehead atoms. The lowest BCUT2D eigenvalue weighted by molar-refractivity contribution is 0.284. The minimum atomic E-state index is 0.459. The van der Waals surface area contributed by atoms with Crippen LogP contribution in [0.4, 0.5) is 0 Å². The standard InChI is InChI=1S/C21H24BrNO2/c1-24-20-12-17(14-23-18-10-6-3-7-11-18)19(22)13-21(20)25-15-16-8-4-2-5-9-16/h2,4-5,8-9,12-14,18H,3,6-7,10-11,15H2,1H3. The normalized spacial score (nSPS) is 15.4. The molecule has 2 aromatic carbocycles. The lowest BCUT2D eigenvalue weighted by Gasteiger charge is -2.17. The summed E-state index contributed by atoms with van der Waals surface area (Å²) >= 11 is 3.63. The largest absolute Gasteiger partial charge is 0.493 e. The summed E-state index contributed by atoms with van der Waals surface area (Å²) in [5, 5.41) is 0. The van der Waals surface area contributed by atoms with Crippen LogP contribution in [0.1, 0.15) is 43.2 Å². The maximum Gasteiger partial charge on any atom is 0.162 e. The van der Waals surface area contributed by atoms with Crippen LogP contribution >= 0.6 is 15.9 Å². The molecule has 25 heavy (non-hydrogen) atoms. The van der Waals surface area contributed by atoms with Crippen molar-refractivity contribution in [1.82, 2.24) is 0 Å². The van der Waals surface area contributed by atoms with Crippen LogP contribution in [-0.2, 0) is 6.61 Å². The fourth-order valence-corrected chi connectivity index (χ4v) is 3.50. The molecule has 0 spiro atoms. The van der Waals surface area contributed by atoms with E-state index in [1.807, 2.05) is 48.7 Å². The zero-order valence-corrected chi connectivity index (χ0v) is 16.2. The van der Waals surface area contributed by atoms with Gasteiger partial charge in [-0.05, 0) is 46.5 Å². The topological polar surface area (TPSA) is 30.8 Å². The van der Waals surface area contributed by atoms with Gasteiger partial charge >= 0.3 is 0 Å². The molecule has 2 aromatic rings. The summed E-state index contributed by atoms with van der Waals surface area (Å²) in [4.78, 5) is 4.76. The van der Waals surface area contributed by atoms with Crippen LogP contribution in [0.2, 0.25) is 0 Å². The van der Waals surface area contributed by atoms with Crippen LogP contribution in [0.3, 0.4) is 0 Å². The number of rotatable bonds is 6. The molecule has 0 N–H and O–H groups in total. The van der Waals surface area contributed by atoms with Crippen molar-refractivity contribution >= 4 is 22.1 Å². The van der Waals surface area contributed by atoms with E-state index in [2.05, 4.69) is 15.9 Å². The summed E-state index contributed by atoms with van der Waals surface area (Å²) in [5.41, 5.74) is 2.15. The molecule has 0 atom stereocenters. The van der Waals surface area contributed by atoms with Gasteiger partial charge < -0.3 is 9.47 Å². The number of hydrogen-bond acceptors (Lipinski definition) is 3. The van der Waals surface area contributed by atoms with Gasteiger partial charge in [-0.3, -0.25) is 4.99 Å². The third-order valence-electron chi connectivity index (χ3n) is 4.52. The summed E-state index contributed by atoms with van der Waals surface area (Å²) in [6, 6.07) is 14.5. The van der Waals surface area contributed by atoms with Crippen molar-refractivity contribution in [3.8, 4) is 11.5 Å².